The molecule has 2 saturated heterocycles. The van der Waals surface area contributed by atoms with Crippen LogP contribution in [0, 0.1) is 6.92 Å². The topological polar surface area (TPSA) is 36.4 Å². The van der Waals surface area contributed by atoms with Crippen LogP contribution in [0.2, 0.25) is 0 Å². The smallest absolute Gasteiger partial charge is 0.265 e. The van der Waals surface area contributed by atoms with Gasteiger partial charge in [-0.15, -0.1) is 11.3 Å². The van der Waals surface area contributed by atoms with Crippen molar-refractivity contribution in [2.24, 2.45) is 0 Å². The third-order valence-corrected chi connectivity index (χ3v) is 5.56. The highest BCUT2D eigenvalue weighted by molar-refractivity contribution is 7.13. The van der Waals surface area contributed by atoms with E-state index in [0.29, 0.717) is 12.1 Å². The maximum Gasteiger partial charge on any atom is 0.265 e. The summed E-state index contributed by atoms with van der Waals surface area (Å²) in [4.78, 5) is 22.4. The summed E-state index contributed by atoms with van der Waals surface area (Å²) in [5.41, 5.74) is 0. The number of likely N-dealkylation sites (N-methyl/N-ethyl adjacent to an activating group) is 1. The van der Waals surface area contributed by atoms with Crippen LogP contribution in [0.25, 0.3) is 0 Å². The Hall–Kier alpha value is -0.940. The summed E-state index contributed by atoms with van der Waals surface area (Å²) in [5, 5.41) is 0.972. The fraction of sp³-hybridized carbons (Fsp3) is 0.733. The minimum Gasteiger partial charge on any atom is -0.333 e. The number of thiazole rings is 1. The Morgan fingerprint density at radius 3 is 2.80 bits per heavy atom. The Kier molecular flexibility index (Phi) is 4.08. The molecule has 5 heteroatoms. The Bertz CT molecular complexity index is 487. The van der Waals surface area contributed by atoms with E-state index in [1.807, 2.05) is 6.92 Å². The average Bonchev–Trinajstić information content (AvgIpc) is 3.16. The second-order valence-electron chi connectivity index (χ2n) is 5.79. The number of hydrogen-bond acceptors (Lipinski definition) is 4. The number of likely N-dealkylation sites (tertiary alicyclic amines) is 2. The summed E-state index contributed by atoms with van der Waals surface area (Å²) in [7, 11) is 0. The van der Waals surface area contributed by atoms with Crippen molar-refractivity contribution in [1.82, 2.24) is 14.8 Å². The normalized spacial score (nSPS) is 27.4. The highest BCUT2D eigenvalue weighted by atomic mass is 32.1. The zero-order valence-corrected chi connectivity index (χ0v) is 13.2. The molecule has 0 bridgehead atoms. The third kappa shape index (κ3) is 2.49. The first kappa shape index (κ1) is 14.0. The van der Waals surface area contributed by atoms with Crippen molar-refractivity contribution in [1.29, 1.82) is 0 Å². The van der Waals surface area contributed by atoms with Crippen LogP contribution in [0.1, 0.15) is 47.3 Å². The summed E-state index contributed by atoms with van der Waals surface area (Å²) in [6, 6.07) is 0.979. The maximum atomic E-state index is 12.7. The van der Waals surface area contributed by atoms with E-state index in [0.717, 1.165) is 35.8 Å². The molecule has 0 saturated carbocycles. The molecule has 3 heterocycles. The first-order chi connectivity index (χ1) is 9.70. The molecule has 0 unspecified atom stereocenters. The summed E-state index contributed by atoms with van der Waals surface area (Å²) in [5.74, 6) is 0.195. The van der Waals surface area contributed by atoms with Crippen molar-refractivity contribution in [3.05, 3.63) is 16.1 Å². The number of aryl methyl sites for hydroxylation is 1. The van der Waals surface area contributed by atoms with E-state index in [1.165, 1.54) is 30.7 Å². The first-order valence-corrected chi connectivity index (χ1v) is 8.49. The van der Waals surface area contributed by atoms with Crippen LogP contribution in [-0.2, 0) is 0 Å². The van der Waals surface area contributed by atoms with Gasteiger partial charge in [-0.1, -0.05) is 6.92 Å². The molecular formula is C15H23N3OS. The third-order valence-electron chi connectivity index (χ3n) is 4.66. The van der Waals surface area contributed by atoms with Crippen LogP contribution in [0.4, 0.5) is 0 Å². The highest BCUT2D eigenvalue weighted by Crippen LogP contribution is 2.31. The lowest BCUT2D eigenvalue weighted by atomic mass is 10.0. The highest BCUT2D eigenvalue weighted by Gasteiger charge is 2.39. The maximum absolute atomic E-state index is 12.7. The van der Waals surface area contributed by atoms with Gasteiger partial charge in [0, 0.05) is 18.6 Å². The Balaban J connectivity index is 1.77. The zero-order chi connectivity index (χ0) is 14.1. The van der Waals surface area contributed by atoms with Gasteiger partial charge in [0.05, 0.1) is 11.2 Å². The minimum absolute atomic E-state index is 0.195. The molecule has 20 heavy (non-hydrogen) atoms. The van der Waals surface area contributed by atoms with Crippen LogP contribution in [-0.4, -0.2) is 52.4 Å². The largest absolute Gasteiger partial charge is 0.333 e. The zero-order valence-electron chi connectivity index (χ0n) is 12.3. The number of carbonyl (C=O) groups excluding carboxylic acids is 1. The number of amides is 1. The lowest BCUT2D eigenvalue weighted by molar-refractivity contribution is 0.0654. The lowest BCUT2D eigenvalue weighted by Crippen LogP contribution is -2.48. The van der Waals surface area contributed by atoms with Crippen LogP contribution in [0.5, 0.6) is 0 Å². The second-order valence-corrected chi connectivity index (χ2v) is 7.02. The predicted molar refractivity (Wildman–Crippen MR) is 81.2 cm³/mol. The van der Waals surface area contributed by atoms with Gasteiger partial charge in [0.1, 0.15) is 4.88 Å². The molecule has 4 nitrogen and oxygen atoms in total. The Morgan fingerprint density at radius 2 is 2.10 bits per heavy atom. The van der Waals surface area contributed by atoms with Crippen molar-refractivity contribution in [2.45, 2.75) is 51.6 Å². The second kappa shape index (κ2) is 5.82. The predicted octanol–water partition coefficient (Wildman–Crippen LogP) is 2.54. The SMILES string of the molecule is CCN1CCC[C@@H]1[C@@H]1CCCN1C(=O)c1cnc(C)s1. The monoisotopic (exact) mass is 293 g/mol. The molecule has 110 valence electrons. The lowest BCUT2D eigenvalue weighted by Gasteiger charge is -2.34. The van der Waals surface area contributed by atoms with Crippen molar-refractivity contribution < 1.29 is 4.79 Å². The number of rotatable bonds is 3. The molecule has 3 rings (SSSR count). The van der Waals surface area contributed by atoms with Gasteiger partial charge in [-0.2, -0.15) is 0 Å². The van der Waals surface area contributed by atoms with Crippen molar-refractivity contribution in [3.8, 4) is 0 Å². The van der Waals surface area contributed by atoms with E-state index in [1.54, 1.807) is 6.20 Å². The molecule has 0 aliphatic carbocycles. The van der Waals surface area contributed by atoms with Gasteiger partial charge in [-0.05, 0) is 45.7 Å². The van der Waals surface area contributed by atoms with Crippen LogP contribution < -0.4 is 0 Å². The van der Waals surface area contributed by atoms with Gasteiger partial charge in [0.25, 0.3) is 5.91 Å². The quantitative estimate of drug-likeness (QED) is 0.859. The van der Waals surface area contributed by atoms with Gasteiger partial charge in [-0.25, -0.2) is 4.98 Å². The van der Waals surface area contributed by atoms with Crippen LogP contribution >= 0.6 is 11.3 Å². The number of hydrogen-bond donors (Lipinski definition) is 0. The van der Waals surface area contributed by atoms with E-state index in [-0.39, 0.29) is 5.91 Å². The van der Waals surface area contributed by atoms with E-state index in [9.17, 15) is 4.79 Å². The van der Waals surface area contributed by atoms with Gasteiger partial charge in [0.15, 0.2) is 0 Å². The number of nitrogens with zero attached hydrogens (tertiary/aromatic N) is 3. The van der Waals surface area contributed by atoms with Gasteiger partial charge >= 0.3 is 0 Å². The molecular weight excluding hydrogens is 270 g/mol. The molecule has 1 amide bonds. The van der Waals surface area contributed by atoms with Gasteiger partial charge in [0.2, 0.25) is 0 Å². The van der Waals surface area contributed by atoms with Crippen molar-refractivity contribution >= 4 is 17.2 Å². The molecule has 0 aromatic carbocycles. The van der Waals surface area contributed by atoms with E-state index < -0.39 is 0 Å². The van der Waals surface area contributed by atoms with Gasteiger partial charge in [-0.3, -0.25) is 9.69 Å². The molecule has 1 aromatic heterocycles. The van der Waals surface area contributed by atoms with Crippen LogP contribution in [0.15, 0.2) is 6.20 Å². The standard InChI is InChI=1S/C15H23N3OS/c1-3-17-8-4-6-12(17)13-7-5-9-18(13)15(19)14-10-16-11(2)20-14/h10,12-13H,3-9H2,1-2H3/t12-,13+/m1/s1. The summed E-state index contributed by atoms with van der Waals surface area (Å²) < 4.78 is 0. The van der Waals surface area contributed by atoms with Crippen molar-refractivity contribution in [2.75, 3.05) is 19.6 Å². The molecule has 2 aliphatic rings. The van der Waals surface area contributed by atoms with Crippen molar-refractivity contribution in [3.63, 3.8) is 0 Å². The minimum atomic E-state index is 0.195. The van der Waals surface area contributed by atoms with E-state index in [2.05, 4.69) is 21.7 Å². The van der Waals surface area contributed by atoms with E-state index >= 15 is 0 Å². The average molecular weight is 293 g/mol. The molecule has 0 radical (unpaired) electrons. The fourth-order valence-electron chi connectivity index (χ4n) is 3.73. The molecule has 1 aromatic rings. The number of carbonyl (C=O) groups is 1. The summed E-state index contributed by atoms with van der Waals surface area (Å²) in [6.45, 7) is 7.39. The Morgan fingerprint density at radius 1 is 1.35 bits per heavy atom. The molecule has 2 aliphatic heterocycles. The fourth-order valence-corrected chi connectivity index (χ4v) is 4.46. The Labute approximate surface area is 124 Å². The van der Waals surface area contributed by atoms with E-state index in [4.69, 9.17) is 0 Å². The summed E-state index contributed by atoms with van der Waals surface area (Å²) >= 11 is 1.52. The first-order valence-electron chi connectivity index (χ1n) is 7.68. The molecule has 2 fully saturated rings. The number of aromatic nitrogens is 1. The van der Waals surface area contributed by atoms with Gasteiger partial charge < -0.3 is 4.90 Å². The molecule has 0 N–H and O–H groups in total. The summed E-state index contributed by atoms with van der Waals surface area (Å²) in [6.07, 6.45) is 6.55. The van der Waals surface area contributed by atoms with Crippen LogP contribution in [0.3, 0.4) is 0 Å². The molecule has 0 spiro atoms. The molecule has 2 atom stereocenters.